The predicted octanol–water partition coefficient (Wildman–Crippen LogP) is 2.68. The predicted molar refractivity (Wildman–Crippen MR) is 95.9 cm³/mol. The van der Waals surface area contributed by atoms with E-state index in [4.69, 9.17) is 11.6 Å². The summed E-state index contributed by atoms with van der Waals surface area (Å²) in [5, 5.41) is 15.3. The highest BCUT2D eigenvalue weighted by Crippen LogP contribution is 2.24. The normalized spacial score (nSPS) is 16.7. The van der Waals surface area contributed by atoms with Crippen LogP contribution in [0.1, 0.15) is 29.5 Å². The lowest BCUT2D eigenvalue weighted by molar-refractivity contribution is 0.133. The van der Waals surface area contributed by atoms with Gasteiger partial charge < -0.3 is 10.0 Å². The maximum atomic E-state index is 14.1. The van der Waals surface area contributed by atoms with Crippen LogP contribution in [-0.4, -0.2) is 51.9 Å². The zero-order valence-corrected chi connectivity index (χ0v) is 15.4. The van der Waals surface area contributed by atoms with E-state index in [1.807, 2.05) is 29.7 Å². The van der Waals surface area contributed by atoms with Crippen LogP contribution in [0.3, 0.4) is 0 Å². The second-order valence-corrected chi connectivity index (χ2v) is 7.23. The first-order chi connectivity index (χ1) is 11.9. The molecule has 2 aromatic rings. The minimum absolute atomic E-state index is 0.271. The van der Waals surface area contributed by atoms with Gasteiger partial charge in [0.05, 0.1) is 11.4 Å². The standard InChI is InChI=1S/C18H24ClFN4O/c1-22(2)12-18(25)17-9-13-10-23(7-4-8-24(13)21-17)11-14-15(19)5-3-6-16(14)20/h3,5-6,9,18,25H,4,7-8,10-12H2,1-2H3/t18-/m1/s1. The number of aliphatic hydroxyl groups excluding tert-OH is 1. The van der Waals surface area contributed by atoms with Crippen molar-refractivity contribution in [2.75, 3.05) is 27.2 Å². The maximum absolute atomic E-state index is 14.1. The molecule has 0 radical (unpaired) electrons. The Morgan fingerprint density at radius 1 is 1.36 bits per heavy atom. The molecule has 0 spiro atoms. The van der Waals surface area contributed by atoms with Gasteiger partial charge in [0.25, 0.3) is 0 Å². The van der Waals surface area contributed by atoms with E-state index in [0.717, 1.165) is 25.2 Å². The van der Waals surface area contributed by atoms with Crippen molar-refractivity contribution in [3.63, 3.8) is 0 Å². The zero-order chi connectivity index (χ0) is 18.0. The number of rotatable bonds is 5. The summed E-state index contributed by atoms with van der Waals surface area (Å²) in [6.07, 6.45) is 0.313. The molecule has 0 saturated heterocycles. The number of nitrogens with zero attached hydrogens (tertiary/aromatic N) is 4. The van der Waals surface area contributed by atoms with Gasteiger partial charge in [0.15, 0.2) is 0 Å². The van der Waals surface area contributed by atoms with Crippen LogP contribution in [0, 0.1) is 5.82 Å². The molecule has 0 saturated carbocycles. The Balaban J connectivity index is 1.76. The number of hydrogen-bond donors (Lipinski definition) is 1. The summed E-state index contributed by atoms with van der Waals surface area (Å²) in [6.45, 7) is 3.30. The van der Waals surface area contributed by atoms with Crippen LogP contribution in [0.4, 0.5) is 4.39 Å². The Kier molecular flexibility index (Phi) is 5.74. The molecule has 5 nitrogen and oxygen atoms in total. The largest absolute Gasteiger partial charge is 0.385 e. The van der Waals surface area contributed by atoms with Gasteiger partial charge in [-0.15, -0.1) is 0 Å². The molecule has 25 heavy (non-hydrogen) atoms. The van der Waals surface area contributed by atoms with Gasteiger partial charge >= 0.3 is 0 Å². The summed E-state index contributed by atoms with van der Waals surface area (Å²) in [5.41, 5.74) is 2.26. The lowest BCUT2D eigenvalue weighted by Gasteiger charge is -2.20. The van der Waals surface area contributed by atoms with Gasteiger partial charge in [0.2, 0.25) is 0 Å². The molecule has 1 aromatic heterocycles. The number of aryl methyl sites for hydroxylation is 1. The average Bonchev–Trinajstić information content (AvgIpc) is 2.84. The van der Waals surface area contributed by atoms with Crippen molar-refractivity contribution in [2.24, 2.45) is 0 Å². The van der Waals surface area contributed by atoms with E-state index in [2.05, 4.69) is 10.00 Å². The summed E-state index contributed by atoms with van der Waals surface area (Å²) < 4.78 is 16.0. The lowest BCUT2D eigenvalue weighted by atomic mass is 10.2. The number of aromatic nitrogens is 2. The topological polar surface area (TPSA) is 44.5 Å². The second-order valence-electron chi connectivity index (χ2n) is 6.83. The van der Waals surface area contributed by atoms with Gasteiger partial charge in [-0.1, -0.05) is 17.7 Å². The molecule has 0 unspecified atom stereocenters. The molecule has 1 aliphatic rings. The minimum Gasteiger partial charge on any atom is -0.385 e. The van der Waals surface area contributed by atoms with E-state index in [-0.39, 0.29) is 5.82 Å². The van der Waals surface area contributed by atoms with Crippen molar-refractivity contribution < 1.29 is 9.50 Å². The number of halogens is 2. The fourth-order valence-corrected chi connectivity index (χ4v) is 3.42. The summed E-state index contributed by atoms with van der Waals surface area (Å²) >= 11 is 6.16. The number of likely N-dealkylation sites (N-methyl/N-ethyl adjacent to an activating group) is 1. The van der Waals surface area contributed by atoms with Crippen LogP contribution in [0.25, 0.3) is 0 Å². The first-order valence-corrected chi connectivity index (χ1v) is 8.86. The SMILES string of the molecule is CN(C)C[C@@H](O)c1cc2n(n1)CCCN(Cc1c(F)cccc1Cl)C2. The lowest BCUT2D eigenvalue weighted by Crippen LogP contribution is -2.23. The van der Waals surface area contributed by atoms with Crippen LogP contribution in [0.5, 0.6) is 0 Å². The molecule has 1 aliphatic heterocycles. The molecular formula is C18H24ClFN4O. The van der Waals surface area contributed by atoms with Crippen molar-refractivity contribution in [3.05, 3.63) is 52.1 Å². The Labute approximate surface area is 152 Å². The Morgan fingerprint density at radius 2 is 2.16 bits per heavy atom. The molecule has 1 aromatic carbocycles. The molecule has 0 bridgehead atoms. The third-order valence-electron chi connectivity index (χ3n) is 4.43. The van der Waals surface area contributed by atoms with Crippen LogP contribution >= 0.6 is 11.6 Å². The Morgan fingerprint density at radius 3 is 2.88 bits per heavy atom. The van der Waals surface area contributed by atoms with E-state index < -0.39 is 6.10 Å². The average molecular weight is 367 g/mol. The van der Waals surface area contributed by atoms with Gasteiger partial charge in [0.1, 0.15) is 11.9 Å². The van der Waals surface area contributed by atoms with Crippen molar-refractivity contribution in [2.45, 2.75) is 32.2 Å². The highest BCUT2D eigenvalue weighted by Gasteiger charge is 2.21. The van der Waals surface area contributed by atoms with Crippen LogP contribution in [0.15, 0.2) is 24.3 Å². The number of fused-ring (bicyclic) bond motifs is 1. The van der Waals surface area contributed by atoms with Crippen LogP contribution < -0.4 is 0 Å². The van der Waals surface area contributed by atoms with Crippen molar-refractivity contribution in [1.29, 1.82) is 0 Å². The number of aliphatic hydroxyl groups is 1. The summed E-state index contributed by atoms with van der Waals surface area (Å²) in [7, 11) is 3.84. The molecule has 1 atom stereocenters. The molecule has 0 amide bonds. The second kappa shape index (κ2) is 7.83. The molecule has 0 aliphatic carbocycles. The summed E-state index contributed by atoms with van der Waals surface area (Å²) in [6, 6.07) is 6.74. The summed E-state index contributed by atoms with van der Waals surface area (Å²) in [4.78, 5) is 4.11. The fourth-order valence-electron chi connectivity index (χ4n) is 3.19. The van der Waals surface area contributed by atoms with Gasteiger partial charge in [-0.3, -0.25) is 9.58 Å². The van der Waals surface area contributed by atoms with Gasteiger partial charge in [-0.25, -0.2) is 4.39 Å². The quantitative estimate of drug-likeness (QED) is 0.883. The van der Waals surface area contributed by atoms with E-state index in [9.17, 15) is 9.50 Å². The Hall–Kier alpha value is -1.47. The van der Waals surface area contributed by atoms with Gasteiger partial charge in [0, 0.05) is 43.3 Å². The van der Waals surface area contributed by atoms with Crippen LogP contribution in [0.2, 0.25) is 5.02 Å². The maximum Gasteiger partial charge on any atom is 0.129 e. The van der Waals surface area contributed by atoms with Crippen molar-refractivity contribution >= 4 is 11.6 Å². The van der Waals surface area contributed by atoms with E-state index >= 15 is 0 Å². The van der Waals surface area contributed by atoms with E-state index in [1.165, 1.54) is 6.07 Å². The first kappa shape index (κ1) is 18.3. The van der Waals surface area contributed by atoms with Crippen molar-refractivity contribution in [1.82, 2.24) is 19.6 Å². The molecular weight excluding hydrogens is 343 g/mol. The smallest absolute Gasteiger partial charge is 0.129 e. The number of benzene rings is 1. The zero-order valence-electron chi connectivity index (χ0n) is 14.6. The molecule has 2 heterocycles. The molecule has 7 heteroatoms. The van der Waals surface area contributed by atoms with E-state index in [1.54, 1.807) is 12.1 Å². The van der Waals surface area contributed by atoms with E-state index in [0.29, 0.717) is 35.9 Å². The third kappa shape index (κ3) is 4.39. The van der Waals surface area contributed by atoms with Gasteiger partial charge in [-0.2, -0.15) is 5.10 Å². The Bertz CT molecular complexity index is 714. The molecule has 3 rings (SSSR count). The van der Waals surface area contributed by atoms with Crippen molar-refractivity contribution in [3.8, 4) is 0 Å². The third-order valence-corrected chi connectivity index (χ3v) is 4.79. The first-order valence-electron chi connectivity index (χ1n) is 8.48. The highest BCUT2D eigenvalue weighted by molar-refractivity contribution is 6.31. The fraction of sp³-hybridized carbons (Fsp3) is 0.500. The molecule has 136 valence electrons. The van der Waals surface area contributed by atoms with Gasteiger partial charge in [-0.05, 0) is 38.7 Å². The van der Waals surface area contributed by atoms with Crippen LogP contribution in [-0.2, 0) is 19.6 Å². The molecule has 0 fully saturated rings. The monoisotopic (exact) mass is 366 g/mol. The minimum atomic E-state index is -0.608. The highest BCUT2D eigenvalue weighted by atomic mass is 35.5. The molecule has 1 N–H and O–H groups in total. The number of hydrogen-bond acceptors (Lipinski definition) is 4. The summed E-state index contributed by atoms with van der Waals surface area (Å²) in [5.74, 6) is -0.271.